The average Bonchev–Trinajstić information content (AvgIpc) is 3.37. The molecule has 3 aliphatic rings. The molecule has 0 saturated carbocycles. The topological polar surface area (TPSA) is 110 Å². The molecule has 0 unspecified atom stereocenters. The molecular formula is C21H34N4O5S2. The Hall–Kier alpha value is -1.46. The molecule has 1 aromatic rings. The molecule has 4 rings (SSSR count). The lowest BCUT2D eigenvalue weighted by molar-refractivity contribution is -0.136. The standard InChI is InChI=1S/C21H34N4O5S2/c1-15-20(16(2)25(22-15)19-7-11-32(29,30)14-19)12-23(3)21(26)17-4-8-24(9-5-17)18-6-10-31(27,28)13-18/h17-19H,4-14H2,1-3H3/t18-,19-/m1/s1. The highest BCUT2D eigenvalue weighted by Gasteiger charge is 2.36. The minimum absolute atomic E-state index is 0.0510. The lowest BCUT2D eigenvalue weighted by Crippen LogP contribution is -2.45. The van der Waals surface area contributed by atoms with Gasteiger partial charge in [-0.15, -0.1) is 0 Å². The van der Waals surface area contributed by atoms with E-state index in [1.54, 1.807) is 4.90 Å². The molecule has 32 heavy (non-hydrogen) atoms. The summed E-state index contributed by atoms with van der Waals surface area (Å²) in [6.07, 6.45) is 2.78. The van der Waals surface area contributed by atoms with Crippen LogP contribution in [-0.2, 0) is 31.0 Å². The van der Waals surface area contributed by atoms with E-state index in [-0.39, 0.29) is 46.9 Å². The SMILES string of the molecule is Cc1nn([C@@H]2CCS(=O)(=O)C2)c(C)c1CN(C)C(=O)C1CCN([C@@H]2CCS(=O)(=O)C2)CC1. The van der Waals surface area contributed by atoms with Crippen LogP contribution >= 0.6 is 0 Å². The first-order valence-electron chi connectivity index (χ1n) is 11.4. The monoisotopic (exact) mass is 486 g/mol. The van der Waals surface area contributed by atoms with Crippen LogP contribution < -0.4 is 0 Å². The second kappa shape index (κ2) is 8.72. The summed E-state index contributed by atoms with van der Waals surface area (Å²) >= 11 is 0. The number of sulfone groups is 2. The van der Waals surface area contributed by atoms with E-state index in [1.165, 1.54) is 0 Å². The first kappa shape index (κ1) is 23.7. The highest BCUT2D eigenvalue weighted by atomic mass is 32.2. The van der Waals surface area contributed by atoms with Gasteiger partial charge in [0.1, 0.15) is 0 Å². The third kappa shape index (κ3) is 4.89. The molecule has 0 bridgehead atoms. The maximum atomic E-state index is 13.1. The van der Waals surface area contributed by atoms with E-state index in [9.17, 15) is 21.6 Å². The second-order valence-corrected chi connectivity index (χ2v) is 14.2. The molecule has 1 aromatic heterocycles. The molecule has 0 aliphatic carbocycles. The van der Waals surface area contributed by atoms with Crippen LogP contribution in [-0.4, -0.2) is 91.5 Å². The number of hydrogen-bond acceptors (Lipinski definition) is 7. The number of carbonyl (C=O) groups excluding carboxylic acids is 1. The Kier molecular flexibility index (Phi) is 6.45. The van der Waals surface area contributed by atoms with Gasteiger partial charge in [0, 0.05) is 36.8 Å². The fourth-order valence-electron chi connectivity index (χ4n) is 5.45. The number of piperidine rings is 1. The number of rotatable bonds is 5. The Morgan fingerprint density at radius 1 is 0.969 bits per heavy atom. The highest BCUT2D eigenvalue weighted by Crippen LogP contribution is 2.29. The van der Waals surface area contributed by atoms with Crippen molar-refractivity contribution in [1.29, 1.82) is 0 Å². The molecule has 180 valence electrons. The lowest BCUT2D eigenvalue weighted by atomic mass is 9.94. The average molecular weight is 487 g/mol. The Bertz CT molecular complexity index is 1090. The Morgan fingerprint density at radius 3 is 2.06 bits per heavy atom. The van der Waals surface area contributed by atoms with Gasteiger partial charge in [0.2, 0.25) is 5.91 Å². The maximum absolute atomic E-state index is 13.1. The van der Waals surface area contributed by atoms with Gasteiger partial charge in [-0.25, -0.2) is 16.8 Å². The normalized spacial score (nSPS) is 28.2. The van der Waals surface area contributed by atoms with Crippen LogP contribution in [0.5, 0.6) is 0 Å². The molecule has 3 aliphatic heterocycles. The van der Waals surface area contributed by atoms with E-state index in [0.717, 1.165) is 42.9 Å². The van der Waals surface area contributed by atoms with Gasteiger partial charge in [0.05, 0.1) is 34.7 Å². The third-order valence-corrected chi connectivity index (χ3v) is 10.9. The summed E-state index contributed by atoms with van der Waals surface area (Å²) in [5.74, 6) is 0.914. The first-order valence-corrected chi connectivity index (χ1v) is 15.0. The van der Waals surface area contributed by atoms with E-state index in [4.69, 9.17) is 0 Å². The zero-order valence-corrected chi connectivity index (χ0v) is 20.8. The van der Waals surface area contributed by atoms with Crippen molar-refractivity contribution < 1.29 is 21.6 Å². The van der Waals surface area contributed by atoms with Gasteiger partial charge in [0.15, 0.2) is 19.7 Å². The molecule has 11 heteroatoms. The number of carbonyl (C=O) groups is 1. The van der Waals surface area contributed by atoms with Gasteiger partial charge in [-0.1, -0.05) is 0 Å². The lowest BCUT2D eigenvalue weighted by Gasteiger charge is -2.36. The molecule has 4 heterocycles. The molecular weight excluding hydrogens is 452 g/mol. The summed E-state index contributed by atoms with van der Waals surface area (Å²) in [4.78, 5) is 17.1. The van der Waals surface area contributed by atoms with Crippen molar-refractivity contribution in [1.82, 2.24) is 19.6 Å². The molecule has 0 aromatic carbocycles. The predicted octanol–water partition coefficient (Wildman–Crippen LogP) is 0.717. The van der Waals surface area contributed by atoms with E-state index in [2.05, 4.69) is 10.00 Å². The number of amides is 1. The zero-order valence-electron chi connectivity index (χ0n) is 19.2. The Morgan fingerprint density at radius 2 is 1.53 bits per heavy atom. The van der Waals surface area contributed by atoms with Crippen LogP contribution in [0.25, 0.3) is 0 Å². The van der Waals surface area contributed by atoms with Crippen LogP contribution in [0.15, 0.2) is 0 Å². The maximum Gasteiger partial charge on any atom is 0.225 e. The first-order chi connectivity index (χ1) is 15.0. The van der Waals surface area contributed by atoms with Gasteiger partial charge >= 0.3 is 0 Å². The summed E-state index contributed by atoms with van der Waals surface area (Å²) < 4.78 is 49.1. The van der Waals surface area contributed by atoms with Crippen LogP contribution in [0.3, 0.4) is 0 Å². The Labute approximate surface area is 191 Å². The number of aromatic nitrogens is 2. The van der Waals surface area contributed by atoms with Crippen molar-refractivity contribution in [2.24, 2.45) is 5.92 Å². The minimum Gasteiger partial charge on any atom is -0.341 e. The van der Waals surface area contributed by atoms with Crippen molar-refractivity contribution in [2.45, 2.75) is 58.2 Å². The second-order valence-electron chi connectivity index (χ2n) is 9.71. The van der Waals surface area contributed by atoms with E-state index in [1.807, 2.05) is 25.6 Å². The molecule has 3 fully saturated rings. The van der Waals surface area contributed by atoms with Crippen molar-refractivity contribution in [2.75, 3.05) is 43.1 Å². The zero-order chi connectivity index (χ0) is 23.3. The van der Waals surface area contributed by atoms with Gasteiger partial charge in [-0.3, -0.25) is 14.4 Å². The van der Waals surface area contributed by atoms with E-state index in [0.29, 0.717) is 19.4 Å². The highest BCUT2D eigenvalue weighted by molar-refractivity contribution is 7.91. The minimum atomic E-state index is -2.99. The number of likely N-dealkylation sites (tertiary alicyclic amines) is 1. The number of nitrogens with zero attached hydrogens (tertiary/aromatic N) is 4. The fourth-order valence-corrected chi connectivity index (χ4v) is 8.90. The summed E-state index contributed by atoms with van der Waals surface area (Å²) in [5.41, 5.74) is 2.75. The molecule has 9 nitrogen and oxygen atoms in total. The summed E-state index contributed by atoms with van der Waals surface area (Å²) in [6.45, 7) is 5.84. The van der Waals surface area contributed by atoms with Gasteiger partial charge in [-0.05, 0) is 52.6 Å². The number of hydrogen-bond donors (Lipinski definition) is 0. The molecule has 0 radical (unpaired) electrons. The Balaban J connectivity index is 1.35. The van der Waals surface area contributed by atoms with Crippen LogP contribution in [0, 0.1) is 19.8 Å². The largest absolute Gasteiger partial charge is 0.341 e. The summed E-state index contributed by atoms with van der Waals surface area (Å²) in [7, 11) is -4.08. The smallest absolute Gasteiger partial charge is 0.225 e. The quantitative estimate of drug-likeness (QED) is 0.603. The van der Waals surface area contributed by atoms with Crippen molar-refractivity contribution in [3.63, 3.8) is 0 Å². The number of aryl methyl sites for hydroxylation is 1. The van der Waals surface area contributed by atoms with E-state index >= 15 is 0 Å². The van der Waals surface area contributed by atoms with Crippen molar-refractivity contribution in [3.05, 3.63) is 17.0 Å². The van der Waals surface area contributed by atoms with Gasteiger partial charge in [-0.2, -0.15) is 5.10 Å². The molecule has 0 N–H and O–H groups in total. The van der Waals surface area contributed by atoms with Crippen LogP contribution in [0.2, 0.25) is 0 Å². The molecule has 3 saturated heterocycles. The van der Waals surface area contributed by atoms with Gasteiger partial charge < -0.3 is 4.90 Å². The van der Waals surface area contributed by atoms with Gasteiger partial charge in [0.25, 0.3) is 0 Å². The fraction of sp³-hybridized carbons (Fsp3) is 0.810. The molecule has 0 spiro atoms. The van der Waals surface area contributed by atoms with E-state index < -0.39 is 19.7 Å². The summed E-state index contributed by atoms with van der Waals surface area (Å²) in [5, 5.41) is 4.61. The van der Waals surface area contributed by atoms with Crippen LogP contribution in [0.1, 0.15) is 48.7 Å². The molecule has 2 atom stereocenters. The summed E-state index contributed by atoms with van der Waals surface area (Å²) in [6, 6.07) is -0.0264. The van der Waals surface area contributed by atoms with Crippen molar-refractivity contribution >= 4 is 25.6 Å². The third-order valence-electron chi connectivity index (χ3n) is 7.40. The van der Waals surface area contributed by atoms with Crippen LogP contribution in [0.4, 0.5) is 0 Å². The van der Waals surface area contributed by atoms with Crippen molar-refractivity contribution in [3.8, 4) is 0 Å². The molecule has 1 amide bonds. The predicted molar refractivity (Wildman–Crippen MR) is 122 cm³/mol.